The SMILES string of the molecule is C/C=C(\C=C/CC)CN(C)CC1C=CC=CC1. The Morgan fingerprint density at radius 1 is 1.41 bits per heavy atom. The van der Waals surface area contributed by atoms with Gasteiger partial charge in [0.1, 0.15) is 0 Å². The Kier molecular flexibility index (Phi) is 6.64. The van der Waals surface area contributed by atoms with Crippen molar-refractivity contribution in [1.29, 1.82) is 0 Å². The summed E-state index contributed by atoms with van der Waals surface area (Å²) >= 11 is 0. The maximum absolute atomic E-state index is 2.41. The van der Waals surface area contributed by atoms with E-state index in [-0.39, 0.29) is 0 Å². The maximum atomic E-state index is 2.41. The first kappa shape index (κ1) is 14.0. The van der Waals surface area contributed by atoms with Crippen molar-refractivity contribution in [3.8, 4) is 0 Å². The molecule has 1 atom stereocenters. The van der Waals surface area contributed by atoms with Gasteiger partial charge in [0, 0.05) is 13.1 Å². The van der Waals surface area contributed by atoms with E-state index in [1.807, 2.05) is 0 Å². The van der Waals surface area contributed by atoms with E-state index in [2.05, 4.69) is 68.3 Å². The molecule has 0 fully saturated rings. The summed E-state index contributed by atoms with van der Waals surface area (Å²) in [4.78, 5) is 2.41. The molecule has 1 heteroatoms. The van der Waals surface area contributed by atoms with Crippen LogP contribution in [0.2, 0.25) is 0 Å². The Balaban J connectivity index is 2.37. The molecule has 0 amide bonds. The molecule has 0 bridgehead atoms. The third-order valence-corrected chi connectivity index (χ3v) is 3.01. The fourth-order valence-electron chi connectivity index (χ4n) is 2.05. The van der Waals surface area contributed by atoms with E-state index in [0.29, 0.717) is 5.92 Å². The highest BCUT2D eigenvalue weighted by atomic mass is 15.1. The highest BCUT2D eigenvalue weighted by molar-refractivity contribution is 5.19. The molecule has 0 spiro atoms. The van der Waals surface area contributed by atoms with Crippen molar-refractivity contribution in [2.75, 3.05) is 20.1 Å². The molecule has 0 N–H and O–H groups in total. The topological polar surface area (TPSA) is 3.24 Å². The lowest BCUT2D eigenvalue weighted by Gasteiger charge is -2.22. The zero-order valence-electron chi connectivity index (χ0n) is 11.4. The van der Waals surface area contributed by atoms with Crippen LogP contribution in [0.15, 0.2) is 48.1 Å². The molecule has 0 aromatic carbocycles. The summed E-state index contributed by atoms with van der Waals surface area (Å²) in [5.74, 6) is 0.679. The quantitative estimate of drug-likeness (QED) is 0.625. The molecule has 0 aromatic rings. The van der Waals surface area contributed by atoms with Crippen LogP contribution in [0, 0.1) is 5.92 Å². The summed E-state index contributed by atoms with van der Waals surface area (Å²) in [5, 5.41) is 0. The van der Waals surface area contributed by atoms with E-state index >= 15 is 0 Å². The molecule has 94 valence electrons. The van der Waals surface area contributed by atoms with Crippen LogP contribution in [0.5, 0.6) is 0 Å². The Labute approximate surface area is 106 Å². The fraction of sp³-hybridized carbons (Fsp3) is 0.500. The minimum Gasteiger partial charge on any atom is -0.302 e. The van der Waals surface area contributed by atoms with E-state index in [1.165, 1.54) is 12.0 Å². The Morgan fingerprint density at radius 3 is 2.82 bits per heavy atom. The van der Waals surface area contributed by atoms with Crippen molar-refractivity contribution < 1.29 is 0 Å². The fourth-order valence-corrected chi connectivity index (χ4v) is 2.05. The van der Waals surface area contributed by atoms with Gasteiger partial charge in [-0.1, -0.05) is 49.5 Å². The van der Waals surface area contributed by atoms with Gasteiger partial charge in [0.2, 0.25) is 0 Å². The van der Waals surface area contributed by atoms with Crippen LogP contribution in [0.1, 0.15) is 26.7 Å². The van der Waals surface area contributed by atoms with Crippen LogP contribution < -0.4 is 0 Å². The third kappa shape index (κ3) is 5.69. The Morgan fingerprint density at radius 2 is 2.24 bits per heavy atom. The minimum atomic E-state index is 0.679. The standard InChI is InChI=1S/C16H25N/c1-4-6-10-15(5-2)13-17(3)14-16-11-8-7-9-12-16/h5-11,16H,4,12-14H2,1-3H3/b10-6-,15-5+. The summed E-state index contributed by atoms with van der Waals surface area (Å²) in [6.45, 7) is 6.47. The van der Waals surface area contributed by atoms with Gasteiger partial charge in [-0.2, -0.15) is 0 Å². The number of hydrogen-bond acceptors (Lipinski definition) is 1. The lowest BCUT2D eigenvalue weighted by Crippen LogP contribution is -2.26. The maximum Gasteiger partial charge on any atom is 0.0227 e. The zero-order valence-corrected chi connectivity index (χ0v) is 11.4. The zero-order chi connectivity index (χ0) is 12.5. The van der Waals surface area contributed by atoms with Crippen molar-refractivity contribution in [2.45, 2.75) is 26.7 Å². The lowest BCUT2D eigenvalue weighted by atomic mass is 10.0. The van der Waals surface area contributed by atoms with Gasteiger partial charge in [0.15, 0.2) is 0 Å². The molecule has 0 saturated heterocycles. The number of hydrogen-bond donors (Lipinski definition) is 0. The van der Waals surface area contributed by atoms with Gasteiger partial charge in [-0.3, -0.25) is 0 Å². The van der Waals surface area contributed by atoms with Gasteiger partial charge in [-0.25, -0.2) is 0 Å². The van der Waals surface area contributed by atoms with Gasteiger partial charge in [-0.15, -0.1) is 0 Å². The van der Waals surface area contributed by atoms with Crippen LogP contribution >= 0.6 is 0 Å². The average molecular weight is 231 g/mol. The van der Waals surface area contributed by atoms with Gasteiger partial charge in [-0.05, 0) is 38.3 Å². The van der Waals surface area contributed by atoms with Gasteiger partial charge in [0.05, 0.1) is 0 Å². The van der Waals surface area contributed by atoms with Gasteiger partial charge in [0.25, 0.3) is 0 Å². The summed E-state index contributed by atoms with van der Waals surface area (Å²) < 4.78 is 0. The average Bonchev–Trinajstić information content (AvgIpc) is 2.35. The van der Waals surface area contributed by atoms with E-state index in [0.717, 1.165) is 19.5 Å². The van der Waals surface area contributed by atoms with Crippen LogP contribution in [0.25, 0.3) is 0 Å². The Bertz CT molecular complexity index is 320. The molecular formula is C16H25N. The number of allylic oxidation sites excluding steroid dienone is 5. The predicted octanol–water partition coefficient (Wildman–Crippen LogP) is 3.96. The summed E-state index contributed by atoms with van der Waals surface area (Å²) in [5.41, 5.74) is 1.41. The highest BCUT2D eigenvalue weighted by Crippen LogP contribution is 2.13. The molecule has 1 unspecified atom stereocenters. The number of rotatable bonds is 6. The smallest absolute Gasteiger partial charge is 0.0227 e. The highest BCUT2D eigenvalue weighted by Gasteiger charge is 2.09. The Hall–Kier alpha value is -1.08. The second kappa shape index (κ2) is 8.08. The van der Waals surface area contributed by atoms with E-state index < -0.39 is 0 Å². The van der Waals surface area contributed by atoms with Crippen molar-refractivity contribution in [3.05, 3.63) is 48.1 Å². The van der Waals surface area contributed by atoms with Crippen molar-refractivity contribution in [1.82, 2.24) is 4.90 Å². The van der Waals surface area contributed by atoms with E-state index in [1.54, 1.807) is 0 Å². The molecule has 1 rings (SSSR count). The summed E-state index contributed by atoms with van der Waals surface area (Å²) in [7, 11) is 2.20. The molecule has 0 aliphatic heterocycles. The largest absolute Gasteiger partial charge is 0.302 e. The summed E-state index contributed by atoms with van der Waals surface area (Å²) in [6.07, 6.45) is 17.8. The third-order valence-electron chi connectivity index (χ3n) is 3.01. The van der Waals surface area contributed by atoms with Gasteiger partial charge < -0.3 is 4.90 Å². The molecule has 0 heterocycles. The van der Waals surface area contributed by atoms with Crippen LogP contribution in [-0.4, -0.2) is 25.0 Å². The number of likely N-dealkylation sites (N-methyl/N-ethyl adjacent to an activating group) is 1. The summed E-state index contributed by atoms with van der Waals surface area (Å²) in [6, 6.07) is 0. The van der Waals surface area contributed by atoms with Crippen LogP contribution in [0.3, 0.4) is 0 Å². The second-order valence-corrected chi connectivity index (χ2v) is 4.68. The van der Waals surface area contributed by atoms with Crippen LogP contribution in [0.4, 0.5) is 0 Å². The molecule has 17 heavy (non-hydrogen) atoms. The lowest BCUT2D eigenvalue weighted by molar-refractivity contribution is 0.324. The molecule has 0 saturated carbocycles. The molecule has 1 nitrogen and oxygen atoms in total. The van der Waals surface area contributed by atoms with Crippen molar-refractivity contribution >= 4 is 0 Å². The normalized spacial score (nSPS) is 20.7. The minimum absolute atomic E-state index is 0.679. The van der Waals surface area contributed by atoms with Crippen molar-refractivity contribution in [3.63, 3.8) is 0 Å². The van der Waals surface area contributed by atoms with E-state index in [9.17, 15) is 0 Å². The molecule has 0 aromatic heterocycles. The van der Waals surface area contributed by atoms with Crippen LogP contribution in [-0.2, 0) is 0 Å². The van der Waals surface area contributed by atoms with Crippen molar-refractivity contribution in [2.24, 2.45) is 5.92 Å². The number of nitrogens with zero attached hydrogens (tertiary/aromatic N) is 1. The first-order valence-electron chi connectivity index (χ1n) is 6.59. The first-order chi connectivity index (χ1) is 8.26. The molecule has 1 aliphatic rings. The van der Waals surface area contributed by atoms with Gasteiger partial charge >= 0.3 is 0 Å². The molecular weight excluding hydrogens is 206 g/mol. The molecule has 1 aliphatic carbocycles. The monoisotopic (exact) mass is 231 g/mol. The van der Waals surface area contributed by atoms with E-state index in [4.69, 9.17) is 0 Å². The first-order valence-corrected chi connectivity index (χ1v) is 6.59. The predicted molar refractivity (Wildman–Crippen MR) is 77.1 cm³/mol. The second-order valence-electron chi connectivity index (χ2n) is 4.68. The molecule has 0 radical (unpaired) electrons.